The van der Waals surface area contributed by atoms with E-state index >= 15 is 0 Å². The Balaban J connectivity index is 2.07. The monoisotopic (exact) mass is 301 g/mol. The van der Waals surface area contributed by atoms with Crippen LogP contribution in [0.1, 0.15) is 11.3 Å². The van der Waals surface area contributed by atoms with Crippen molar-refractivity contribution in [3.05, 3.63) is 63.8 Å². The summed E-state index contributed by atoms with van der Waals surface area (Å²) in [6.07, 6.45) is 3.45. The third kappa shape index (κ3) is 2.26. The maximum atomic E-state index is 13.7. The number of aromatic nitrogens is 2. The van der Waals surface area contributed by atoms with E-state index in [9.17, 15) is 14.5 Å². The molecule has 3 rings (SSSR count). The zero-order valence-electron chi connectivity index (χ0n) is 11.9. The molecule has 112 valence electrons. The molecule has 0 bridgehead atoms. The normalized spacial score (nSPS) is 10.9. The molecule has 0 saturated heterocycles. The topological polar surface area (TPSA) is 69.7 Å². The second kappa shape index (κ2) is 5.10. The van der Waals surface area contributed by atoms with Crippen molar-refractivity contribution in [1.82, 2.24) is 9.38 Å². The minimum atomic E-state index is -0.597. The van der Waals surface area contributed by atoms with Gasteiger partial charge in [0, 0.05) is 35.8 Å². The van der Waals surface area contributed by atoms with E-state index in [1.165, 1.54) is 6.92 Å². The number of ether oxygens (including phenoxy) is 1. The average molecular weight is 301 g/mol. The lowest BCUT2D eigenvalue weighted by Gasteiger charge is -2.10. The van der Waals surface area contributed by atoms with E-state index in [4.69, 9.17) is 4.74 Å². The Morgan fingerprint density at radius 2 is 2.09 bits per heavy atom. The molecular formula is C15H12FN3O3. The molecule has 0 fully saturated rings. The molecule has 2 heterocycles. The largest absolute Gasteiger partial charge is 0.450 e. The van der Waals surface area contributed by atoms with Crippen LogP contribution in [0.4, 0.5) is 10.1 Å². The molecule has 0 atom stereocenters. The first kappa shape index (κ1) is 14.0. The van der Waals surface area contributed by atoms with E-state index in [0.717, 1.165) is 17.8 Å². The molecule has 0 aliphatic heterocycles. The zero-order valence-corrected chi connectivity index (χ0v) is 11.9. The fourth-order valence-electron chi connectivity index (χ4n) is 2.20. The predicted molar refractivity (Wildman–Crippen MR) is 77.8 cm³/mol. The van der Waals surface area contributed by atoms with Crippen LogP contribution >= 0.6 is 0 Å². The predicted octanol–water partition coefficient (Wildman–Crippen LogP) is 3.79. The smallest absolute Gasteiger partial charge is 0.312 e. The van der Waals surface area contributed by atoms with Crippen molar-refractivity contribution in [2.75, 3.05) is 0 Å². The number of rotatable bonds is 3. The first-order valence-corrected chi connectivity index (χ1v) is 6.52. The van der Waals surface area contributed by atoms with Gasteiger partial charge in [0.25, 0.3) is 0 Å². The summed E-state index contributed by atoms with van der Waals surface area (Å²) in [4.78, 5) is 14.7. The van der Waals surface area contributed by atoms with Gasteiger partial charge in [-0.15, -0.1) is 0 Å². The van der Waals surface area contributed by atoms with E-state index in [-0.39, 0.29) is 17.0 Å². The number of hydrogen-bond donors (Lipinski definition) is 0. The molecule has 6 nitrogen and oxygen atoms in total. The summed E-state index contributed by atoms with van der Waals surface area (Å²) in [5, 5.41) is 11.1. The second-order valence-corrected chi connectivity index (χ2v) is 4.87. The zero-order chi connectivity index (χ0) is 15.9. The van der Waals surface area contributed by atoms with Crippen molar-refractivity contribution < 1.29 is 14.1 Å². The van der Waals surface area contributed by atoms with E-state index in [1.807, 2.05) is 11.3 Å². The Morgan fingerprint density at radius 1 is 1.32 bits per heavy atom. The molecule has 0 amide bonds. The number of benzene rings is 1. The third-order valence-corrected chi connectivity index (χ3v) is 3.41. The lowest BCUT2D eigenvalue weighted by molar-refractivity contribution is -0.385. The lowest BCUT2D eigenvalue weighted by Crippen LogP contribution is -1.98. The third-order valence-electron chi connectivity index (χ3n) is 3.41. The maximum absolute atomic E-state index is 13.7. The van der Waals surface area contributed by atoms with Crippen LogP contribution in [0.3, 0.4) is 0 Å². The Bertz CT molecular complexity index is 889. The number of nitro groups is 1. The van der Waals surface area contributed by atoms with Crippen molar-refractivity contribution in [3.8, 4) is 11.5 Å². The van der Waals surface area contributed by atoms with Crippen molar-refractivity contribution in [1.29, 1.82) is 0 Å². The van der Waals surface area contributed by atoms with Gasteiger partial charge >= 0.3 is 5.69 Å². The molecule has 0 radical (unpaired) electrons. The molecule has 22 heavy (non-hydrogen) atoms. The van der Waals surface area contributed by atoms with Gasteiger partial charge < -0.3 is 9.14 Å². The van der Waals surface area contributed by atoms with Crippen LogP contribution in [0.5, 0.6) is 11.5 Å². The highest BCUT2D eigenvalue weighted by Gasteiger charge is 2.21. The number of fused-ring (bicyclic) bond motifs is 1. The first-order valence-electron chi connectivity index (χ1n) is 6.52. The summed E-state index contributed by atoms with van der Waals surface area (Å²) < 4.78 is 21.1. The Hall–Kier alpha value is -2.96. The number of nitro benzene ring substituents is 1. The van der Waals surface area contributed by atoms with Gasteiger partial charge in [-0.2, -0.15) is 0 Å². The number of aryl methyl sites for hydroxylation is 1. The number of hydrogen-bond acceptors (Lipinski definition) is 4. The summed E-state index contributed by atoms with van der Waals surface area (Å²) in [6, 6.07) is 5.44. The lowest BCUT2D eigenvalue weighted by atomic mass is 10.2. The fourth-order valence-corrected chi connectivity index (χ4v) is 2.20. The summed E-state index contributed by atoms with van der Waals surface area (Å²) in [5.74, 6) is -0.300. The minimum Gasteiger partial charge on any atom is -0.450 e. The standard InChI is InChI=1S/C15H12FN3O3/c1-9-8-17-14-7-11(5-6-18(9)14)22-15-10(2)12(16)3-4-13(15)19(20)21/h3-8H,1-2H3. The molecular weight excluding hydrogens is 289 g/mol. The highest BCUT2D eigenvalue weighted by molar-refractivity contribution is 5.55. The van der Waals surface area contributed by atoms with Gasteiger partial charge in [-0.1, -0.05) is 0 Å². The Labute approximate surface area is 124 Å². The van der Waals surface area contributed by atoms with Crippen LogP contribution in [-0.4, -0.2) is 14.3 Å². The molecule has 0 spiro atoms. The first-order chi connectivity index (χ1) is 10.5. The molecule has 0 N–H and O–H groups in total. The summed E-state index contributed by atoms with van der Waals surface area (Å²) in [6.45, 7) is 3.35. The quantitative estimate of drug-likeness (QED) is 0.545. The Morgan fingerprint density at radius 3 is 2.82 bits per heavy atom. The van der Waals surface area contributed by atoms with E-state index in [1.54, 1.807) is 24.5 Å². The number of imidazole rings is 1. The minimum absolute atomic E-state index is 0.0913. The molecule has 2 aromatic heterocycles. The summed E-state index contributed by atoms with van der Waals surface area (Å²) in [7, 11) is 0. The maximum Gasteiger partial charge on any atom is 0.312 e. The highest BCUT2D eigenvalue weighted by atomic mass is 19.1. The number of pyridine rings is 1. The van der Waals surface area contributed by atoms with Gasteiger partial charge in [0.05, 0.1) is 4.92 Å². The van der Waals surface area contributed by atoms with Crippen LogP contribution < -0.4 is 4.74 Å². The van der Waals surface area contributed by atoms with Crippen LogP contribution in [0.25, 0.3) is 5.65 Å². The molecule has 3 aromatic rings. The summed E-state index contributed by atoms with van der Waals surface area (Å²) in [5.41, 5.74) is 1.41. The SMILES string of the molecule is Cc1c(F)ccc([N+](=O)[O-])c1Oc1ccn2c(C)cnc2c1. The van der Waals surface area contributed by atoms with E-state index in [0.29, 0.717) is 11.4 Å². The highest BCUT2D eigenvalue weighted by Crippen LogP contribution is 2.36. The molecule has 0 aliphatic carbocycles. The molecule has 0 saturated carbocycles. The van der Waals surface area contributed by atoms with Crippen LogP contribution in [0, 0.1) is 29.8 Å². The number of halogens is 1. The van der Waals surface area contributed by atoms with Gasteiger partial charge in [-0.05, 0) is 26.0 Å². The molecule has 0 aliphatic rings. The van der Waals surface area contributed by atoms with Crippen LogP contribution in [0.2, 0.25) is 0 Å². The fraction of sp³-hybridized carbons (Fsp3) is 0.133. The number of nitrogens with zero attached hydrogens (tertiary/aromatic N) is 3. The van der Waals surface area contributed by atoms with Gasteiger partial charge in [0.2, 0.25) is 5.75 Å². The summed E-state index contributed by atoms with van der Waals surface area (Å²) >= 11 is 0. The van der Waals surface area contributed by atoms with Crippen molar-refractivity contribution in [2.45, 2.75) is 13.8 Å². The van der Waals surface area contributed by atoms with Crippen molar-refractivity contribution >= 4 is 11.3 Å². The van der Waals surface area contributed by atoms with Crippen LogP contribution in [-0.2, 0) is 0 Å². The van der Waals surface area contributed by atoms with Crippen molar-refractivity contribution in [3.63, 3.8) is 0 Å². The van der Waals surface area contributed by atoms with Crippen LogP contribution in [0.15, 0.2) is 36.7 Å². The average Bonchev–Trinajstić information content (AvgIpc) is 2.85. The van der Waals surface area contributed by atoms with Gasteiger partial charge in [0.15, 0.2) is 0 Å². The molecule has 1 aromatic carbocycles. The van der Waals surface area contributed by atoms with Crippen molar-refractivity contribution in [2.24, 2.45) is 0 Å². The van der Waals surface area contributed by atoms with Gasteiger partial charge in [-0.25, -0.2) is 9.37 Å². The molecule has 7 heteroatoms. The Kier molecular flexibility index (Phi) is 3.25. The molecule has 0 unspecified atom stereocenters. The van der Waals surface area contributed by atoms with Gasteiger partial charge in [-0.3, -0.25) is 10.1 Å². The second-order valence-electron chi connectivity index (χ2n) is 4.87. The van der Waals surface area contributed by atoms with E-state index in [2.05, 4.69) is 4.98 Å². The van der Waals surface area contributed by atoms with E-state index < -0.39 is 10.7 Å². The van der Waals surface area contributed by atoms with Gasteiger partial charge in [0.1, 0.15) is 17.2 Å².